The van der Waals surface area contributed by atoms with Gasteiger partial charge in [0, 0.05) is 11.1 Å². The molecule has 0 fully saturated rings. The molecule has 0 unspecified atom stereocenters. The zero-order valence-electron chi connectivity index (χ0n) is 15.8. The minimum Gasteiger partial charge on any atom is -0.497 e. The minimum absolute atomic E-state index is 0.0824. The van der Waals surface area contributed by atoms with E-state index in [0.29, 0.717) is 28.4 Å². The topological polar surface area (TPSA) is 98.2 Å². The van der Waals surface area contributed by atoms with Crippen molar-refractivity contribution in [2.75, 3.05) is 21.3 Å². The predicted molar refractivity (Wildman–Crippen MR) is 103 cm³/mol. The molecule has 0 radical (unpaired) electrons. The summed E-state index contributed by atoms with van der Waals surface area (Å²) < 4.78 is 15.8. The van der Waals surface area contributed by atoms with Gasteiger partial charge in [-0.2, -0.15) is 0 Å². The Morgan fingerprint density at radius 3 is 2.54 bits per heavy atom. The van der Waals surface area contributed by atoms with Crippen LogP contribution < -0.4 is 24.8 Å². The summed E-state index contributed by atoms with van der Waals surface area (Å²) in [6, 6.07) is 11.5. The van der Waals surface area contributed by atoms with Gasteiger partial charge in [0.1, 0.15) is 17.2 Å². The molecule has 2 N–H and O–H groups in total. The summed E-state index contributed by atoms with van der Waals surface area (Å²) in [5.41, 5.74) is 1.09. The van der Waals surface area contributed by atoms with Crippen LogP contribution in [0.3, 0.4) is 0 Å². The molecule has 2 aromatic carbocycles. The number of ether oxygens (including phenoxy) is 3. The summed E-state index contributed by atoms with van der Waals surface area (Å²) in [6.45, 7) is 0. The molecular weight excluding hydrogens is 362 g/mol. The third-order valence-electron chi connectivity index (χ3n) is 4.28. The average molecular weight is 383 g/mol. The molecule has 0 aromatic heterocycles. The SMILES string of the molecule is COc1cccc(C(=O)NC2=N[C@@H](c3cc(OC)ccc3OC)CC(=O)N2)c1. The van der Waals surface area contributed by atoms with Gasteiger partial charge in [0.2, 0.25) is 11.9 Å². The number of methoxy groups -OCH3 is 3. The van der Waals surface area contributed by atoms with Crippen LogP contribution in [0.1, 0.15) is 28.4 Å². The summed E-state index contributed by atoms with van der Waals surface area (Å²) in [4.78, 5) is 29.2. The number of guanidine groups is 1. The Kier molecular flexibility index (Phi) is 5.78. The number of nitrogens with one attached hydrogen (secondary N) is 2. The van der Waals surface area contributed by atoms with E-state index in [2.05, 4.69) is 15.6 Å². The predicted octanol–water partition coefficient (Wildman–Crippen LogP) is 2.06. The average Bonchev–Trinajstić information content (AvgIpc) is 2.72. The van der Waals surface area contributed by atoms with Crippen molar-refractivity contribution in [3.05, 3.63) is 53.6 Å². The number of carbonyl (C=O) groups excluding carboxylic acids is 2. The molecule has 2 amide bonds. The second kappa shape index (κ2) is 8.43. The highest BCUT2D eigenvalue weighted by Crippen LogP contribution is 2.34. The molecule has 0 bridgehead atoms. The lowest BCUT2D eigenvalue weighted by Gasteiger charge is -2.23. The van der Waals surface area contributed by atoms with Crippen molar-refractivity contribution >= 4 is 17.8 Å². The number of nitrogens with zero attached hydrogens (tertiary/aromatic N) is 1. The first kappa shape index (κ1) is 19.2. The Bertz CT molecular complexity index is 926. The van der Waals surface area contributed by atoms with Gasteiger partial charge in [0.15, 0.2) is 0 Å². The molecule has 3 rings (SSSR count). The lowest BCUT2D eigenvalue weighted by Crippen LogP contribution is -2.47. The van der Waals surface area contributed by atoms with Gasteiger partial charge in [-0.25, -0.2) is 4.99 Å². The fourth-order valence-electron chi connectivity index (χ4n) is 2.88. The number of aliphatic imine (C=N–C) groups is 1. The van der Waals surface area contributed by atoms with Crippen LogP contribution in [0.2, 0.25) is 0 Å². The van der Waals surface area contributed by atoms with Crippen molar-refractivity contribution in [2.45, 2.75) is 12.5 Å². The van der Waals surface area contributed by atoms with Crippen molar-refractivity contribution in [1.29, 1.82) is 0 Å². The van der Waals surface area contributed by atoms with Gasteiger partial charge in [-0.15, -0.1) is 0 Å². The van der Waals surface area contributed by atoms with E-state index in [1.807, 2.05) is 0 Å². The molecule has 8 nitrogen and oxygen atoms in total. The van der Waals surface area contributed by atoms with E-state index >= 15 is 0 Å². The van der Waals surface area contributed by atoms with Crippen LogP contribution in [0.15, 0.2) is 47.5 Å². The quantitative estimate of drug-likeness (QED) is 0.824. The molecule has 2 aromatic rings. The highest BCUT2D eigenvalue weighted by molar-refractivity contribution is 6.10. The summed E-state index contributed by atoms with van der Waals surface area (Å²) in [5.74, 6) is 1.18. The van der Waals surface area contributed by atoms with Crippen LogP contribution in [0.4, 0.5) is 0 Å². The van der Waals surface area contributed by atoms with E-state index in [-0.39, 0.29) is 18.3 Å². The number of rotatable bonds is 5. The number of carbonyl (C=O) groups is 2. The third-order valence-corrected chi connectivity index (χ3v) is 4.28. The summed E-state index contributed by atoms with van der Waals surface area (Å²) in [7, 11) is 4.63. The van der Waals surface area contributed by atoms with Crippen LogP contribution in [0.25, 0.3) is 0 Å². The van der Waals surface area contributed by atoms with Crippen LogP contribution >= 0.6 is 0 Å². The zero-order valence-corrected chi connectivity index (χ0v) is 15.8. The fourth-order valence-corrected chi connectivity index (χ4v) is 2.88. The number of hydrogen-bond acceptors (Lipinski definition) is 6. The van der Waals surface area contributed by atoms with Crippen LogP contribution in [0, 0.1) is 0 Å². The number of benzene rings is 2. The van der Waals surface area contributed by atoms with E-state index in [0.717, 1.165) is 0 Å². The van der Waals surface area contributed by atoms with Crippen molar-refractivity contribution in [3.63, 3.8) is 0 Å². The van der Waals surface area contributed by atoms with Crippen molar-refractivity contribution in [3.8, 4) is 17.2 Å². The molecule has 0 aliphatic carbocycles. The Hall–Kier alpha value is -3.55. The van der Waals surface area contributed by atoms with Gasteiger partial charge in [-0.05, 0) is 36.4 Å². The number of amides is 2. The Morgan fingerprint density at radius 1 is 1.07 bits per heavy atom. The van der Waals surface area contributed by atoms with Crippen molar-refractivity contribution in [2.24, 2.45) is 4.99 Å². The lowest BCUT2D eigenvalue weighted by atomic mass is 10.0. The maximum atomic E-state index is 12.5. The van der Waals surface area contributed by atoms with Gasteiger partial charge in [-0.3, -0.25) is 20.2 Å². The molecule has 1 atom stereocenters. The van der Waals surface area contributed by atoms with Crippen molar-refractivity contribution < 1.29 is 23.8 Å². The molecule has 0 saturated heterocycles. The molecule has 0 saturated carbocycles. The first-order valence-electron chi connectivity index (χ1n) is 8.59. The van der Waals surface area contributed by atoms with Gasteiger partial charge < -0.3 is 14.2 Å². The standard InChI is InChI=1S/C20H21N3O5/c1-26-13-6-4-5-12(9-13)19(25)23-20-21-16(11-18(24)22-20)15-10-14(27-2)7-8-17(15)28-3/h4-10,16H,11H2,1-3H3,(H2,21,22,23,24,25)/t16-/m1/s1. The first-order valence-corrected chi connectivity index (χ1v) is 8.59. The van der Waals surface area contributed by atoms with Gasteiger partial charge in [-0.1, -0.05) is 6.07 Å². The summed E-state index contributed by atoms with van der Waals surface area (Å²) in [6.07, 6.45) is 0.127. The summed E-state index contributed by atoms with van der Waals surface area (Å²) >= 11 is 0. The van der Waals surface area contributed by atoms with Gasteiger partial charge in [0.25, 0.3) is 5.91 Å². The van der Waals surface area contributed by atoms with E-state index in [1.165, 1.54) is 7.11 Å². The Labute approximate surface area is 162 Å². The smallest absolute Gasteiger partial charge is 0.258 e. The van der Waals surface area contributed by atoms with Crippen LogP contribution in [-0.4, -0.2) is 39.1 Å². The maximum absolute atomic E-state index is 12.5. The van der Waals surface area contributed by atoms with E-state index < -0.39 is 11.9 Å². The van der Waals surface area contributed by atoms with Gasteiger partial charge >= 0.3 is 0 Å². The molecule has 0 spiro atoms. The lowest BCUT2D eigenvalue weighted by molar-refractivity contribution is -0.120. The second-order valence-corrected chi connectivity index (χ2v) is 6.04. The van der Waals surface area contributed by atoms with Gasteiger partial charge in [0.05, 0.1) is 33.8 Å². The molecule has 28 heavy (non-hydrogen) atoms. The largest absolute Gasteiger partial charge is 0.497 e. The fraction of sp³-hybridized carbons (Fsp3) is 0.250. The Balaban J connectivity index is 1.87. The highest BCUT2D eigenvalue weighted by atomic mass is 16.5. The molecule has 1 aliphatic rings. The number of hydrogen-bond donors (Lipinski definition) is 2. The van der Waals surface area contributed by atoms with E-state index in [9.17, 15) is 9.59 Å². The molecular formula is C20H21N3O5. The van der Waals surface area contributed by atoms with Crippen LogP contribution in [0.5, 0.6) is 17.2 Å². The Morgan fingerprint density at radius 2 is 1.82 bits per heavy atom. The van der Waals surface area contributed by atoms with E-state index in [1.54, 1.807) is 56.7 Å². The third kappa shape index (κ3) is 4.22. The highest BCUT2D eigenvalue weighted by Gasteiger charge is 2.26. The first-order chi connectivity index (χ1) is 13.5. The maximum Gasteiger partial charge on any atom is 0.258 e. The molecule has 1 heterocycles. The second-order valence-electron chi connectivity index (χ2n) is 6.04. The minimum atomic E-state index is -0.514. The normalized spacial score (nSPS) is 15.9. The summed E-state index contributed by atoms with van der Waals surface area (Å²) in [5, 5.41) is 5.22. The zero-order chi connectivity index (χ0) is 20.1. The van der Waals surface area contributed by atoms with Crippen LogP contribution in [-0.2, 0) is 4.79 Å². The van der Waals surface area contributed by atoms with E-state index in [4.69, 9.17) is 14.2 Å². The molecule has 8 heteroatoms. The monoisotopic (exact) mass is 383 g/mol. The van der Waals surface area contributed by atoms with Crippen molar-refractivity contribution in [1.82, 2.24) is 10.6 Å². The molecule has 146 valence electrons. The molecule has 1 aliphatic heterocycles.